The molecule has 162 valence electrons. The van der Waals surface area contributed by atoms with Gasteiger partial charge in [-0.2, -0.15) is 0 Å². The van der Waals surface area contributed by atoms with E-state index in [9.17, 15) is 4.79 Å². The summed E-state index contributed by atoms with van der Waals surface area (Å²) < 4.78 is 0. The molecular weight excluding hydrogens is 453 g/mol. The molecule has 1 aliphatic rings. The maximum atomic E-state index is 13.4. The molecule has 1 aromatic heterocycles. The van der Waals surface area contributed by atoms with Crippen LogP contribution < -0.4 is 5.43 Å². The average Bonchev–Trinajstić information content (AvgIpc) is 2.71. The Hall–Kier alpha value is -1.85. The smallest absolute Gasteiger partial charge is 0.198 e. The molecule has 0 saturated heterocycles. The molecule has 0 fully saturated rings. The molecular formula is C24H24Cl3N3O. The van der Waals surface area contributed by atoms with Crippen LogP contribution >= 0.6 is 34.8 Å². The van der Waals surface area contributed by atoms with Crippen molar-refractivity contribution in [1.82, 2.24) is 9.88 Å². The molecule has 0 saturated carbocycles. The van der Waals surface area contributed by atoms with Gasteiger partial charge in [0.1, 0.15) is 0 Å². The number of pyridine rings is 1. The molecule has 31 heavy (non-hydrogen) atoms. The van der Waals surface area contributed by atoms with Crippen LogP contribution in [0.1, 0.15) is 35.6 Å². The Kier molecular flexibility index (Phi) is 6.73. The summed E-state index contributed by atoms with van der Waals surface area (Å²) in [5.74, 6) is 0.116. The summed E-state index contributed by atoms with van der Waals surface area (Å²) in [6.07, 6.45) is 2.27. The lowest BCUT2D eigenvalue weighted by molar-refractivity contribution is 0.403. The molecule has 1 N–H and O–H groups in total. The number of nitrogens with one attached hydrogen (secondary N) is 1. The van der Waals surface area contributed by atoms with E-state index in [4.69, 9.17) is 39.8 Å². The number of rotatable bonds is 5. The number of nitrogens with zero attached hydrogens (tertiary/aromatic N) is 2. The van der Waals surface area contributed by atoms with E-state index >= 15 is 0 Å². The third-order valence-corrected chi connectivity index (χ3v) is 6.49. The van der Waals surface area contributed by atoms with Gasteiger partial charge in [0.15, 0.2) is 5.43 Å². The number of aromatic nitrogens is 1. The molecule has 0 spiro atoms. The van der Waals surface area contributed by atoms with Gasteiger partial charge in [0.25, 0.3) is 0 Å². The van der Waals surface area contributed by atoms with Crippen molar-refractivity contribution in [2.45, 2.75) is 25.2 Å². The van der Waals surface area contributed by atoms with Crippen LogP contribution in [0.4, 0.5) is 0 Å². The van der Waals surface area contributed by atoms with Crippen molar-refractivity contribution in [3.63, 3.8) is 0 Å². The van der Waals surface area contributed by atoms with Crippen LogP contribution in [-0.2, 0) is 6.42 Å². The Bertz CT molecular complexity index is 1220. The third kappa shape index (κ3) is 4.83. The number of aromatic amines is 1. The fraction of sp³-hybridized carbons (Fsp3) is 0.333. The molecule has 7 heteroatoms. The van der Waals surface area contributed by atoms with E-state index in [1.165, 1.54) is 0 Å². The van der Waals surface area contributed by atoms with Gasteiger partial charge in [0.2, 0.25) is 0 Å². The molecule has 4 nitrogen and oxygen atoms in total. The zero-order chi connectivity index (χ0) is 22.1. The number of aliphatic imine (C=N–C) groups is 1. The first-order valence-electron chi connectivity index (χ1n) is 10.3. The van der Waals surface area contributed by atoms with E-state index in [-0.39, 0.29) is 11.3 Å². The minimum absolute atomic E-state index is 0.0155. The van der Waals surface area contributed by atoms with Crippen LogP contribution in [0, 0.1) is 0 Å². The van der Waals surface area contributed by atoms with Crippen LogP contribution in [0.15, 0.2) is 46.2 Å². The van der Waals surface area contributed by atoms with Gasteiger partial charge in [-0.1, -0.05) is 40.9 Å². The van der Waals surface area contributed by atoms with Gasteiger partial charge in [-0.25, -0.2) is 0 Å². The van der Waals surface area contributed by atoms with Crippen LogP contribution in [0.2, 0.25) is 15.1 Å². The summed E-state index contributed by atoms with van der Waals surface area (Å²) in [6, 6.07) is 11.0. The highest BCUT2D eigenvalue weighted by molar-refractivity contribution is 6.35. The van der Waals surface area contributed by atoms with Gasteiger partial charge in [-0.05, 0) is 81.7 Å². The molecule has 0 radical (unpaired) electrons. The van der Waals surface area contributed by atoms with Crippen LogP contribution in [0.25, 0.3) is 10.9 Å². The summed E-state index contributed by atoms with van der Waals surface area (Å²) >= 11 is 18.8. The number of H-pyrrole nitrogens is 1. The lowest BCUT2D eigenvalue weighted by Gasteiger charge is -2.27. The van der Waals surface area contributed by atoms with E-state index in [1.807, 2.05) is 32.3 Å². The number of halogens is 3. The van der Waals surface area contributed by atoms with Crippen LogP contribution in [-0.4, -0.2) is 42.8 Å². The number of hydrogen-bond acceptors (Lipinski definition) is 3. The highest BCUT2D eigenvalue weighted by Gasteiger charge is 2.29. The third-order valence-electron chi connectivity index (χ3n) is 5.69. The Morgan fingerprint density at radius 3 is 2.55 bits per heavy atom. The maximum Gasteiger partial charge on any atom is 0.198 e. The van der Waals surface area contributed by atoms with Crippen molar-refractivity contribution >= 4 is 51.4 Å². The number of hydrogen-bond donors (Lipinski definition) is 1. The Labute approximate surface area is 196 Å². The van der Waals surface area contributed by atoms with E-state index < -0.39 is 0 Å². The van der Waals surface area contributed by atoms with Crippen molar-refractivity contribution < 1.29 is 0 Å². The molecule has 2 aromatic carbocycles. The predicted octanol–water partition coefficient (Wildman–Crippen LogP) is 5.96. The molecule has 3 aromatic rings. The summed E-state index contributed by atoms with van der Waals surface area (Å²) in [5, 5.41) is 2.39. The van der Waals surface area contributed by atoms with Crippen molar-refractivity contribution in [3.05, 3.63) is 78.5 Å². The van der Waals surface area contributed by atoms with Crippen LogP contribution in [0.3, 0.4) is 0 Å². The molecule has 0 aliphatic heterocycles. The second kappa shape index (κ2) is 9.33. The molecule has 4 rings (SSSR count). The minimum atomic E-state index is -0.0155. The van der Waals surface area contributed by atoms with Crippen molar-refractivity contribution in [2.75, 3.05) is 27.2 Å². The average molecular weight is 477 g/mol. The largest absolute Gasteiger partial charge is 0.358 e. The van der Waals surface area contributed by atoms with Crippen molar-refractivity contribution in [1.29, 1.82) is 0 Å². The number of fused-ring (bicyclic) bond motifs is 2. The van der Waals surface area contributed by atoms with Crippen molar-refractivity contribution in [3.8, 4) is 0 Å². The lowest BCUT2D eigenvalue weighted by Crippen LogP contribution is -2.29. The first kappa shape index (κ1) is 22.3. The van der Waals surface area contributed by atoms with Gasteiger partial charge in [0, 0.05) is 43.9 Å². The van der Waals surface area contributed by atoms with E-state index in [2.05, 4.69) is 9.88 Å². The van der Waals surface area contributed by atoms with Gasteiger partial charge >= 0.3 is 0 Å². The normalized spacial score (nSPS) is 17.5. The predicted molar refractivity (Wildman–Crippen MR) is 132 cm³/mol. The lowest BCUT2D eigenvalue weighted by atomic mass is 9.80. The summed E-state index contributed by atoms with van der Waals surface area (Å²) in [5.41, 5.74) is 4.20. The van der Waals surface area contributed by atoms with Gasteiger partial charge in [-0.15, -0.1) is 0 Å². The highest BCUT2D eigenvalue weighted by Crippen LogP contribution is 2.36. The monoisotopic (exact) mass is 475 g/mol. The minimum Gasteiger partial charge on any atom is -0.358 e. The first-order valence-corrected chi connectivity index (χ1v) is 11.4. The Morgan fingerprint density at radius 1 is 1.06 bits per heavy atom. The SMILES string of the molecule is CN(C)CCCN=C1C[C@@H](c2ccc(Cl)cc2Cl)Cc2[nH]c3ccc(Cl)cc3c(=O)c21. The van der Waals surface area contributed by atoms with E-state index in [1.54, 1.807) is 18.2 Å². The second-order valence-electron chi connectivity index (χ2n) is 8.25. The quantitative estimate of drug-likeness (QED) is 0.462. The van der Waals surface area contributed by atoms with Gasteiger partial charge in [-0.3, -0.25) is 9.79 Å². The zero-order valence-electron chi connectivity index (χ0n) is 17.5. The summed E-state index contributed by atoms with van der Waals surface area (Å²) in [4.78, 5) is 23.9. The summed E-state index contributed by atoms with van der Waals surface area (Å²) in [7, 11) is 4.09. The van der Waals surface area contributed by atoms with E-state index in [0.29, 0.717) is 45.4 Å². The highest BCUT2D eigenvalue weighted by atomic mass is 35.5. The molecule has 0 bridgehead atoms. The Balaban J connectivity index is 1.81. The first-order chi connectivity index (χ1) is 14.8. The molecule has 0 unspecified atom stereocenters. The topological polar surface area (TPSA) is 48.5 Å². The Morgan fingerprint density at radius 2 is 1.81 bits per heavy atom. The zero-order valence-corrected chi connectivity index (χ0v) is 19.8. The maximum absolute atomic E-state index is 13.4. The van der Waals surface area contributed by atoms with Crippen molar-refractivity contribution in [2.24, 2.45) is 4.99 Å². The fourth-order valence-electron chi connectivity index (χ4n) is 4.22. The number of benzene rings is 2. The molecule has 1 heterocycles. The second-order valence-corrected chi connectivity index (χ2v) is 9.53. The van der Waals surface area contributed by atoms with Crippen LogP contribution in [0.5, 0.6) is 0 Å². The molecule has 1 aliphatic carbocycles. The summed E-state index contributed by atoms with van der Waals surface area (Å²) in [6.45, 7) is 1.61. The standard InChI is InChI=1S/C24H24Cl3N3O/c1-30(2)9-3-8-28-21-10-14(17-6-4-16(26)13-19(17)27)11-22-23(21)24(31)18-12-15(25)5-7-20(18)29-22/h4-7,12-14H,3,8-11H2,1-2H3,(H,29,31)/t14-/m1/s1. The van der Waals surface area contributed by atoms with E-state index in [0.717, 1.165) is 35.5 Å². The van der Waals surface area contributed by atoms with Gasteiger partial charge in [0.05, 0.1) is 5.56 Å². The van der Waals surface area contributed by atoms with Gasteiger partial charge < -0.3 is 9.88 Å². The molecule has 0 amide bonds. The fourth-order valence-corrected chi connectivity index (χ4v) is 4.95. The molecule has 1 atom stereocenters.